The zero-order valence-corrected chi connectivity index (χ0v) is 16.5. The molecule has 0 saturated heterocycles. The lowest BCUT2D eigenvalue weighted by Crippen LogP contribution is -2.20. The summed E-state index contributed by atoms with van der Waals surface area (Å²) in [4.78, 5) is 25.7. The minimum absolute atomic E-state index is 0.0595. The van der Waals surface area contributed by atoms with Crippen molar-refractivity contribution in [2.75, 3.05) is 19.7 Å². The van der Waals surface area contributed by atoms with Gasteiger partial charge in [0.15, 0.2) is 11.6 Å². The molecule has 1 aromatic carbocycles. The molecule has 1 heterocycles. The summed E-state index contributed by atoms with van der Waals surface area (Å²) in [5.74, 6) is 1.61. The Morgan fingerprint density at radius 2 is 2.00 bits per heavy atom. The molecule has 0 amide bonds. The fourth-order valence-electron chi connectivity index (χ4n) is 3.28. The number of allylic oxidation sites excluding steroid dienone is 1. The average Bonchev–Trinajstić information content (AvgIpc) is 3.09. The normalized spacial score (nSPS) is 12.9. The van der Waals surface area contributed by atoms with Gasteiger partial charge in [-0.05, 0) is 43.3 Å². The lowest BCUT2D eigenvalue weighted by atomic mass is 9.92. The van der Waals surface area contributed by atoms with E-state index in [1.54, 1.807) is 36.4 Å². The molecule has 0 radical (unpaired) electrons. The average molecular weight is 381 g/mol. The first-order valence-electron chi connectivity index (χ1n) is 9.99. The number of carbonyl (C=O) groups excluding carboxylic acids is 2. The van der Waals surface area contributed by atoms with E-state index >= 15 is 0 Å². The number of aryl methyl sites for hydroxylation is 1. The number of hydrogen-bond acceptors (Lipinski definition) is 5. The molecule has 0 spiro atoms. The van der Waals surface area contributed by atoms with Crippen molar-refractivity contribution in [3.05, 3.63) is 58.6 Å². The number of unbranched alkanes of at least 4 members (excludes halogenated alkanes) is 1. The summed E-state index contributed by atoms with van der Waals surface area (Å²) < 4.78 is 11.6. The number of fused-ring (bicyclic) bond motifs is 1. The second-order valence-electron chi connectivity index (χ2n) is 6.83. The highest BCUT2D eigenvalue weighted by Crippen LogP contribution is 2.32. The van der Waals surface area contributed by atoms with Gasteiger partial charge in [0.05, 0.1) is 11.1 Å². The van der Waals surface area contributed by atoms with Crippen LogP contribution in [-0.4, -0.2) is 31.3 Å². The molecule has 0 unspecified atom stereocenters. The van der Waals surface area contributed by atoms with E-state index in [0.717, 1.165) is 25.9 Å². The molecular formula is C23H27NO4. The lowest BCUT2D eigenvalue weighted by molar-refractivity contribution is 0.0977. The van der Waals surface area contributed by atoms with E-state index in [4.69, 9.17) is 9.15 Å². The highest BCUT2D eigenvalue weighted by atomic mass is 16.5. The molecule has 5 nitrogen and oxygen atoms in total. The SMILES string of the molecule is CCCCc1oc2c(c1C(=O)c1ccc(OCCNCC)cc1)C(=O)CC=C2. The Labute approximate surface area is 165 Å². The van der Waals surface area contributed by atoms with E-state index in [-0.39, 0.29) is 11.6 Å². The maximum absolute atomic E-state index is 13.2. The van der Waals surface area contributed by atoms with E-state index < -0.39 is 0 Å². The summed E-state index contributed by atoms with van der Waals surface area (Å²) in [6.07, 6.45) is 6.43. The number of hydrogen-bond donors (Lipinski definition) is 1. The van der Waals surface area contributed by atoms with E-state index in [9.17, 15) is 9.59 Å². The topological polar surface area (TPSA) is 68.5 Å². The van der Waals surface area contributed by atoms with Crippen LogP contribution in [-0.2, 0) is 6.42 Å². The van der Waals surface area contributed by atoms with Gasteiger partial charge in [-0.3, -0.25) is 9.59 Å². The number of likely N-dealkylation sites (N-methyl/N-ethyl adjacent to an activating group) is 1. The minimum Gasteiger partial charge on any atom is -0.492 e. The molecule has 2 aromatic rings. The molecular weight excluding hydrogens is 354 g/mol. The van der Waals surface area contributed by atoms with Crippen molar-refractivity contribution in [3.63, 3.8) is 0 Å². The first kappa shape index (κ1) is 20.1. The van der Waals surface area contributed by atoms with E-state index in [2.05, 4.69) is 12.2 Å². The zero-order chi connectivity index (χ0) is 19.9. The Bertz CT molecular complexity index is 861. The molecule has 1 aromatic heterocycles. The molecule has 1 aliphatic rings. The van der Waals surface area contributed by atoms with Crippen LogP contribution in [0.25, 0.3) is 6.08 Å². The molecule has 148 valence electrons. The van der Waals surface area contributed by atoms with Crippen molar-refractivity contribution in [1.82, 2.24) is 5.32 Å². The summed E-state index contributed by atoms with van der Waals surface area (Å²) in [5.41, 5.74) is 1.39. The molecule has 0 atom stereocenters. The predicted octanol–water partition coefficient (Wildman–Crippen LogP) is 4.44. The number of ketones is 2. The van der Waals surface area contributed by atoms with Crippen LogP contribution in [0.3, 0.4) is 0 Å². The lowest BCUT2D eigenvalue weighted by Gasteiger charge is -2.09. The molecule has 0 bridgehead atoms. The summed E-state index contributed by atoms with van der Waals surface area (Å²) in [5, 5.41) is 3.20. The van der Waals surface area contributed by atoms with Crippen molar-refractivity contribution < 1.29 is 18.7 Å². The summed E-state index contributed by atoms with van der Waals surface area (Å²) >= 11 is 0. The van der Waals surface area contributed by atoms with Gasteiger partial charge >= 0.3 is 0 Å². The molecule has 0 saturated carbocycles. The monoisotopic (exact) mass is 381 g/mol. The number of rotatable bonds is 10. The van der Waals surface area contributed by atoms with Crippen LogP contribution >= 0.6 is 0 Å². The second kappa shape index (κ2) is 9.51. The Morgan fingerprint density at radius 1 is 1.21 bits per heavy atom. The Kier molecular flexibility index (Phi) is 6.82. The van der Waals surface area contributed by atoms with Gasteiger partial charge in [0, 0.05) is 24.9 Å². The second-order valence-corrected chi connectivity index (χ2v) is 6.83. The van der Waals surface area contributed by atoms with E-state index in [1.807, 2.05) is 6.92 Å². The van der Waals surface area contributed by atoms with Crippen LogP contribution in [0.4, 0.5) is 0 Å². The largest absolute Gasteiger partial charge is 0.492 e. The van der Waals surface area contributed by atoms with E-state index in [0.29, 0.717) is 53.4 Å². The Morgan fingerprint density at radius 3 is 2.71 bits per heavy atom. The molecule has 28 heavy (non-hydrogen) atoms. The van der Waals surface area contributed by atoms with Crippen LogP contribution in [0.1, 0.15) is 70.9 Å². The Hall–Kier alpha value is -2.66. The van der Waals surface area contributed by atoms with Gasteiger partial charge in [-0.1, -0.05) is 26.3 Å². The van der Waals surface area contributed by atoms with Gasteiger partial charge in [-0.15, -0.1) is 0 Å². The standard InChI is InChI=1S/C23H27NO4/c1-3-5-8-20-22(21-18(25)7-6-9-19(21)28-20)23(26)16-10-12-17(13-11-16)27-15-14-24-4-2/h6,9-13,24H,3-5,7-8,14-15H2,1-2H3. The quantitative estimate of drug-likeness (QED) is 0.487. The third kappa shape index (κ3) is 4.42. The Balaban J connectivity index is 1.84. The minimum atomic E-state index is -0.168. The first-order valence-corrected chi connectivity index (χ1v) is 9.99. The molecule has 5 heteroatoms. The van der Waals surface area contributed by atoms with Gasteiger partial charge in [0.25, 0.3) is 0 Å². The summed E-state index contributed by atoms with van der Waals surface area (Å²) in [6, 6.07) is 7.08. The van der Waals surface area contributed by atoms with Crippen LogP contribution in [0.2, 0.25) is 0 Å². The zero-order valence-electron chi connectivity index (χ0n) is 16.5. The molecule has 3 rings (SSSR count). The van der Waals surface area contributed by atoms with Crippen molar-refractivity contribution in [3.8, 4) is 5.75 Å². The first-order chi connectivity index (χ1) is 13.7. The number of benzene rings is 1. The van der Waals surface area contributed by atoms with Crippen LogP contribution in [0, 0.1) is 0 Å². The van der Waals surface area contributed by atoms with E-state index in [1.165, 1.54) is 0 Å². The van der Waals surface area contributed by atoms with Gasteiger partial charge < -0.3 is 14.5 Å². The fourth-order valence-corrected chi connectivity index (χ4v) is 3.28. The van der Waals surface area contributed by atoms with Crippen LogP contribution < -0.4 is 10.1 Å². The number of carbonyl (C=O) groups is 2. The van der Waals surface area contributed by atoms with Crippen molar-refractivity contribution in [2.24, 2.45) is 0 Å². The number of furan rings is 1. The predicted molar refractivity (Wildman–Crippen MR) is 109 cm³/mol. The maximum atomic E-state index is 13.2. The number of nitrogens with one attached hydrogen (secondary N) is 1. The molecule has 1 aliphatic carbocycles. The number of Topliss-reactive ketones (excluding diaryl/α,β-unsaturated/α-hetero) is 1. The van der Waals surface area contributed by atoms with Gasteiger partial charge in [-0.25, -0.2) is 0 Å². The maximum Gasteiger partial charge on any atom is 0.197 e. The molecule has 0 fully saturated rings. The summed E-state index contributed by atoms with van der Waals surface area (Å²) in [6.45, 7) is 6.38. The van der Waals surface area contributed by atoms with Crippen molar-refractivity contribution in [2.45, 2.75) is 39.5 Å². The third-order valence-electron chi connectivity index (χ3n) is 4.76. The van der Waals surface area contributed by atoms with Gasteiger partial charge in [0.2, 0.25) is 0 Å². The third-order valence-corrected chi connectivity index (χ3v) is 4.76. The summed E-state index contributed by atoms with van der Waals surface area (Å²) in [7, 11) is 0. The highest BCUT2D eigenvalue weighted by molar-refractivity contribution is 6.18. The van der Waals surface area contributed by atoms with Crippen molar-refractivity contribution >= 4 is 17.6 Å². The molecule has 1 N–H and O–H groups in total. The number of ether oxygens (including phenoxy) is 1. The highest BCUT2D eigenvalue weighted by Gasteiger charge is 2.30. The van der Waals surface area contributed by atoms with Gasteiger partial charge in [-0.2, -0.15) is 0 Å². The van der Waals surface area contributed by atoms with Crippen molar-refractivity contribution in [1.29, 1.82) is 0 Å². The molecule has 0 aliphatic heterocycles. The fraction of sp³-hybridized carbons (Fsp3) is 0.391. The smallest absolute Gasteiger partial charge is 0.197 e. The van der Waals surface area contributed by atoms with Crippen LogP contribution in [0.15, 0.2) is 34.8 Å². The van der Waals surface area contributed by atoms with Crippen LogP contribution in [0.5, 0.6) is 5.75 Å². The van der Waals surface area contributed by atoms with Gasteiger partial charge in [0.1, 0.15) is 23.9 Å².